The molecule has 0 aromatic heterocycles. The van der Waals surface area contributed by atoms with Crippen LogP contribution < -0.4 is 0 Å². The van der Waals surface area contributed by atoms with Gasteiger partial charge < -0.3 is 0 Å². The van der Waals surface area contributed by atoms with Crippen molar-refractivity contribution in [3.05, 3.63) is 0 Å². The minimum atomic E-state index is -1.61. The lowest BCUT2D eigenvalue weighted by Crippen LogP contribution is -1.86. The highest BCUT2D eigenvalue weighted by Crippen LogP contribution is 2.09. The van der Waals surface area contributed by atoms with E-state index in [9.17, 15) is 4.21 Å². The molecule has 0 saturated carbocycles. The number of hydrogen-bond donors (Lipinski definition) is 0. The fourth-order valence-electron chi connectivity index (χ4n) is 0. The van der Waals surface area contributed by atoms with Gasteiger partial charge in [0.05, 0.1) is 0 Å². The maximum absolute atomic E-state index is 9.76. The zero-order chi connectivity index (χ0) is 5.15. The highest BCUT2D eigenvalue weighted by molar-refractivity contribution is 8.10. The molecule has 0 aromatic rings. The fourth-order valence-corrected chi connectivity index (χ4v) is 0. The third-order valence-electron chi connectivity index (χ3n) is 0.140. The minimum Gasteiger partial charge on any atom is -0.240 e. The summed E-state index contributed by atoms with van der Waals surface area (Å²) in [6.07, 6.45) is 0. The van der Waals surface area contributed by atoms with E-state index in [0.29, 0.717) is 0 Å². The predicted molar refractivity (Wildman–Crippen MR) is 29.5 cm³/mol. The van der Waals surface area contributed by atoms with Crippen molar-refractivity contribution in [3.8, 4) is 0 Å². The SMILES string of the molecule is O=S(Cl)C(Cl)Cl. The van der Waals surface area contributed by atoms with Crippen LogP contribution in [0.3, 0.4) is 0 Å². The van der Waals surface area contributed by atoms with E-state index in [1.807, 2.05) is 0 Å². The number of rotatable bonds is 1. The molecule has 1 atom stereocenters. The largest absolute Gasteiger partial charge is 0.240 e. The first kappa shape index (κ1) is 7.02. The maximum atomic E-state index is 9.76. The molecular weight excluding hydrogens is 166 g/mol. The molecule has 0 N–H and O–H groups in total. The summed E-state index contributed by atoms with van der Waals surface area (Å²) >= 11 is 9.89. The van der Waals surface area contributed by atoms with Crippen LogP contribution in [0.1, 0.15) is 0 Å². The third-order valence-corrected chi connectivity index (χ3v) is 2.47. The topological polar surface area (TPSA) is 17.1 Å². The molecule has 0 aromatic carbocycles. The summed E-state index contributed by atoms with van der Waals surface area (Å²) in [6, 6.07) is 0. The Morgan fingerprint density at radius 2 is 1.67 bits per heavy atom. The molecule has 0 radical (unpaired) electrons. The Kier molecular flexibility index (Phi) is 3.60. The molecule has 1 unspecified atom stereocenters. The predicted octanol–water partition coefficient (Wildman–Crippen LogP) is 1.65. The normalized spacial score (nSPS) is 15.3. The molecule has 0 amide bonds. The second kappa shape index (κ2) is 3.08. The average Bonchev–Trinajstić information content (AvgIpc) is 1.36. The van der Waals surface area contributed by atoms with Gasteiger partial charge in [-0.15, -0.1) is 0 Å². The van der Waals surface area contributed by atoms with Gasteiger partial charge in [-0.3, -0.25) is 0 Å². The second-order valence-electron chi connectivity index (χ2n) is 0.509. The first-order chi connectivity index (χ1) is 2.64. The van der Waals surface area contributed by atoms with Crippen LogP contribution in [0.5, 0.6) is 0 Å². The molecule has 0 heterocycles. The molecule has 5 heteroatoms. The summed E-state index contributed by atoms with van der Waals surface area (Å²) in [5.41, 5.74) is 0. The summed E-state index contributed by atoms with van der Waals surface area (Å²) in [5, 5.41) is 0. The smallest absolute Gasteiger partial charge is 0.196 e. The Bertz CT molecular complexity index is 61.8. The maximum Gasteiger partial charge on any atom is 0.196 e. The molecule has 0 aliphatic heterocycles. The van der Waals surface area contributed by atoms with Gasteiger partial charge in [-0.1, -0.05) is 23.2 Å². The van der Waals surface area contributed by atoms with Gasteiger partial charge in [0, 0.05) is 0 Å². The van der Waals surface area contributed by atoms with E-state index in [2.05, 4.69) is 0 Å². The Hall–Kier alpha value is 1.02. The van der Waals surface area contributed by atoms with Crippen LogP contribution in [-0.2, 0) is 10.0 Å². The van der Waals surface area contributed by atoms with E-state index in [1.165, 1.54) is 0 Å². The number of hydrogen-bond acceptors (Lipinski definition) is 1. The highest BCUT2D eigenvalue weighted by atomic mass is 35.7. The van der Waals surface area contributed by atoms with E-state index in [0.717, 1.165) is 0 Å². The van der Waals surface area contributed by atoms with Crippen LogP contribution in [-0.4, -0.2) is 8.38 Å². The van der Waals surface area contributed by atoms with Crippen LogP contribution in [0.2, 0.25) is 0 Å². The molecule has 0 spiro atoms. The van der Waals surface area contributed by atoms with E-state index >= 15 is 0 Å². The summed E-state index contributed by atoms with van der Waals surface area (Å²) in [6.45, 7) is 0. The van der Waals surface area contributed by atoms with E-state index in [4.69, 9.17) is 33.9 Å². The van der Waals surface area contributed by atoms with Crippen molar-refractivity contribution >= 4 is 43.9 Å². The standard InChI is InChI=1S/CHCl3OS/c2-1(3)6(4)5/h1H. The van der Waals surface area contributed by atoms with Gasteiger partial charge in [0.1, 0.15) is 10.0 Å². The zero-order valence-electron chi connectivity index (χ0n) is 2.53. The van der Waals surface area contributed by atoms with Gasteiger partial charge >= 0.3 is 0 Å². The lowest BCUT2D eigenvalue weighted by Gasteiger charge is -1.84. The Labute approximate surface area is 52.5 Å². The van der Waals surface area contributed by atoms with Crippen LogP contribution in [0.4, 0.5) is 0 Å². The Morgan fingerprint density at radius 1 is 1.50 bits per heavy atom. The van der Waals surface area contributed by atoms with Gasteiger partial charge in [0.15, 0.2) is 4.17 Å². The van der Waals surface area contributed by atoms with Crippen molar-refractivity contribution in [1.29, 1.82) is 0 Å². The van der Waals surface area contributed by atoms with Crippen molar-refractivity contribution < 1.29 is 4.21 Å². The number of halogens is 3. The Morgan fingerprint density at radius 3 is 1.67 bits per heavy atom. The molecular formula is CHCl3OS. The van der Waals surface area contributed by atoms with Crippen molar-refractivity contribution in [2.24, 2.45) is 0 Å². The molecule has 0 rings (SSSR count). The zero-order valence-corrected chi connectivity index (χ0v) is 5.61. The van der Waals surface area contributed by atoms with Crippen molar-refractivity contribution in [3.63, 3.8) is 0 Å². The lowest BCUT2D eigenvalue weighted by molar-refractivity contribution is 0.692. The van der Waals surface area contributed by atoms with Gasteiger partial charge in [0.2, 0.25) is 0 Å². The quantitative estimate of drug-likeness (QED) is 0.429. The highest BCUT2D eigenvalue weighted by Gasteiger charge is 2.02. The molecule has 0 aliphatic rings. The van der Waals surface area contributed by atoms with Gasteiger partial charge in [0.25, 0.3) is 0 Å². The van der Waals surface area contributed by atoms with Crippen LogP contribution in [0, 0.1) is 0 Å². The molecule has 0 fully saturated rings. The minimum absolute atomic E-state index is 0.966. The average molecular weight is 167 g/mol. The fraction of sp³-hybridized carbons (Fsp3) is 1.00. The molecule has 0 aliphatic carbocycles. The van der Waals surface area contributed by atoms with Crippen LogP contribution in [0.25, 0.3) is 0 Å². The van der Waals surface area contributed by atoms with E-state index < -0.39 is 14.2 Å². The number of alkyl halides is 2. The molecule has 0 saturated heterocycles. The lowest BCUT2D eigenvalue weighted by atomic mass is 11.9. The van der Waals surface area contributed by atoms with Crippen molar-refractivity contribution in [2.75, 3.05) is 0 Å². The second-order valence-corrected chi connectivity index (χ2v) is 4.00. The van der Waals surface area contributed by atoms with Crippen molar-refractivity contribution in [2.45, 2.75) is 4.17 Å². The first-order valence-corrected chi connectivity index (χ1v) is 3.91. The van der Waals surface area contributed by atoms with Gasteiger partial charge in [-0.25, -0.2) is 4.21 Å². The van der Waals surface area contributed by atoms with Gasteiger partial charge in [-0.05, 0) is 10.7 Å². The summed E-state index contributed by atoms with van der Waals surface area (Å²) in [5.74, 6) is 0. The summed E-state index contributed by atoms with van der Waals surface area (Å²) in [7, 11) is 3.21. The molecule has 0 bridgehead atoms. The molecule has 6 heavy (non-hydrogen) atoms. The molecule has 1 nitrogen and oxygen atoms in total. The summed E-state index contributed by atoms with van der Waals surface area (Å²) < 4.78 is 8.79. The van der Waals surface area contributed by atoms with Gasteiger partial charge in [-0.2, -0.15) is 0 Å². The first-order valence-electron chi connectivity index (χ1n) is 0.993. The van der Waals surface area contributed by atoms with Crippen LogP contribution >= 0.6 is 33.9 Å². The van der Waals surface area contributed by atoms with Crippen LogP contribution in [0.15, 0.2) is 0 Å². The third kappa shape index (κ3) is 3.22. The van der Waals surface area contributed by atoms with Crippen molar-refractivity contribution in [1.82, 2.24) is 0 Å². The van der Waals surface area contributed by atoms with E-state index in [-0.39, 0.29) is 0 Å². The Balaban J connectivity index is 3.26. The summed E-state index contributed by atoms with van der Waals surface area (Å²) in [4.78, 5) is 0. The monoisotopic (exact) mass is 166 g/mol. The molecule has 38 valence electrons. The van der Waals surface area contributed by atoms with E-state index in [1.54, 1.807) is 0 Å².